The molecule has 4 rings (SSSR count). The molecule has 0 spiro atoms. The van der Waals surface area contributed by atoms with Crippen molar-refractivity contribution in [2.45, 2.75) is 6.92 Å². The van der Waals surface area contributed by atoms with Crippen LogP contribution >= 0.6 is 11.3 Å². The van der Waals surface area contributed by atoms with Crippen LogP contribution in [0.5, 0.6) is 0 Å². The summed E-state index contributed by atoms with van der Waals surface area (Å²) in [5.74, 6) is -0.748. The Bertz CT molecular complexity index is 1350. The third-order valence-corrected chi connectivity index (χ3v) is 5.39. The predicted molar refractivity (Wildman–Crippen MR) is 126 cm³/mol. The van der Waals surface area contributed by atoms with Crippen LogP contribution in [0.4, 0.5) is 11.6 Å². The standard InChI is InChI=1S/C23H19N5O4S/c1-14(29)24-18-10-8-16(9-11-18)19-13-33-23-26-22(27-28(19)23)25-20(30)12-5-15-3-6-17(7-4-15)21(31)32-2/h3-13H,1-2H3,(H,24,29)(H,25,27,30)/b12-5+. The summed E-state index contributed by atoms with van der Waals surface area (Å²) in [5, 5.41) is 11.7. The van der Waals surface area contributed by atoms with Crippen LogP contribution in [0.1, 0.15) is 22.8 Å². The molecular weight excluding hydrogens is 442 g/mol. The number of hydrogen-bond acceptors (Lipinski definition) is 7. The highest BCUT2D eigenvalue weighted by Crippen LogP contribution is 2.27. The van der Waals surface area contributed by atoms with E-state index in [0.717, 1.165) is 16.8 Å². The van der Waals surface area contributed by atoms with Crippen molar-refractivity contribution in [3.63, 3.8) is 0 Å². The number of benzene rings is 2. The molecule has 2 heterocycles. The van der Waals surface area contributed by atoms with E-state index >= 15 is 0 Å². The number of ether oxygens (including phenoxy) is 1. The molecule has 166 valence electrons. The van der Waals surface area contributed by atoms with Crippen LogP contribution in [-0.4, -0.2) is 39.5 Å². The SMILES string of the molecule is COC(=O)c1ccc(/C=C/C(=O)Nc2nc3scc(-c4ccc(NC(C)=O)cc4)n3n2)cc1. The van der Waals surface area contributed by atoms with Gasteiger partial charge in [0.25, 0.3) is 11.9 Å². The zero-order valence-electron chi connectivity index (χ0n) is 17.7. The number of anilines is 2. The van der Waals surface area contributed by atoms with Crippen molar-refractivity contribution < 1.29 is 19.1 Å². The molecule has 2 amide bonds. The molecule has 0 aliphatic heterocycles. The maximum absolute atomic E-state index is 12.3. The number of nitrogens with one attached hydrogen (secondary N) is 2. The normalized spacial score (nSPS) is 11.0. The van der Waals surface area contributed by atoms with E-state index in [-0.39, 0.29) is 17.8 Å². The summed E-state index contributed by atoms with van der Waals surface area (Å²) >= 11 is 1.40. The molecule has 0 saturated carbocycles. The Labute approximate surface area is 192 Å². The Morgan fingerprint density at radius 2 is 1.76 bits per heavy atom. The summed E-state index contributed by atoms with van der Waals surface area (Å²) in [6.45, 7) is 1.46. The van der Waals surface area contributed by atoms with Crippen LogP contribution in [0.15, 0.2) is 60.0 Å². The van der Waals surface area contributed by atoms with E-state index in [1.54, 1.807) is 34.9 Å². The largest absolute Gasteiger partial charge is 0.465 e. The minimum atomic E-state index is -0.419. The van der Waals surface area contributed by atoms with Gasteiger partial charge >= 0.3 is 5.97 Å². The second-order valence-electron chi connectivity index (χ2n) is 6.95. The number of carbonyl (C=O) groups is 3. The van der Waals surface area contributed by atoms with Gasteiger partial charge in [-0.25, -0.2) is 9.31 Å². The van der Waals surface area contributed by atoms with E-state index in [2.05, 4.69) is 25.5 Å². The number of methoxy groups -OCH3 is 1. The minimum Gasteiger partial charge on any atom is -0.465 e. The van der Waals surface area contributed by atoms with E-state index < -0.39 is 5.97 Å². The predicted octanol–water partition coefficient (Wildman–Crippen LogP) is 3.85. The molecule has 2 N–H and O–H groups in total. The first kappa shape index (κ1) is 21.9. The number of aromatic nitrogens is 3. The van der Waals surface area contributed by atoms with Gasteiger partial charge in [-0.3, -0.25) is 14.9 Å². The zero-order chi connectivity index (χ0) is 23.4. The van der Waals surface area contributed by atoms with Gasteiger partial charge in [0.05, 0.1) is 18.4 Å². The van der Waals surface area contributed by atoms with Gasteiger partial charge in [0.15, 0.2) is 0 Å². The summed E-state index contributed by atoms with van der Waals surface area (Å²) in [6.07, 6.45) is 2.99. The van der Waals surface area contributed by atoms with E-state index in [4.69, 9.17) is 0 Å². The van der Waals surface area contributed by atoms with Gasteiger partial charge in [0.2, 0.25) is 10.9 Å². The molecule has 0 saturated heterocycles. The molecule has 2 aromatic heterocycles. The van der Waals surface area contributed by atoms with E-state index in [1.807, 2.05) is 29.6 Å². The number of amides is 2. The lowest BCUT2D eigenvalue weighted by Crippen LogP contribution is -2.09. The summed E-state index contributed by atoms with van der Waals surface area (Å²) < 4.78 is 6.32. The van der Waals surface area contributed by atoms with Crippen molar-refractivity contribution in [2.24, 2.45) is 0 Å². The molecule has 2 aromatic carbocycles. The Morgan fingerprint density at radius 3 is 2.42 bits per heavy atom. The molecule has 0 unspecified atom stereocenters. The fraction of sp³-hybridized carbons (Fsp3) is 0.0870. The van der Waals surface area contributed by atoms with Crippen molar-refractivity contribution in [1.82, 2.24) is 14.6 Å². The quantitative estimate of drug-likeness (QED) is 0.333. The minimum absolute atomic E-state index is 0.135. The molecule has 0 radical (unpaired) electrons. The lowest BCUT2D eigenvalue weighted by Gasteiger charge is -2.03. The molecule has 0 aliphatic rings. The van der Waals surface area contributed by atoms with E-state index in [9.17, 15) is 14.4 Å². The van der Waals surface area contributed by atoms with Crippen LogP contribution in [0.2, 0.25) is 0 Å². The van der Waals surface area contributed by atoms with Crippen LogP contribution < -0.4 is 10.6 Å². The summed E-state index contributed by atoms with van der Waals surface area (Å²) in [5.41, 5.74) is 3.60. The summed E-state index contributed by atoms with van der Waals surface area (Å²) in [6, 6.07) is 14.0. The molecule has 9 nitrogen and oxygen atoms in total. The van der Waals surface area contributed by atoms with Gasteiger partial charge in [-0.2, -0.15) is 4.98 Å². The van der Waals surface area contributed by atoms with Gasteiger partial charge in [-0.15, -0.1) is 16.4 Å². The van der Waals surface area contributed by atoms with Gasteiger partial charge in [0.1, 0.15) is 0 Å². The topological polar surface area (TPSA) is 115 Å². The van der Waals surface area contributed by atoms with Crippen LogP contribution in [-0.2, 0) is 14.3 Å². The highest BCUT2D eigenvalue weighted by atomic mass is 32.1. The molecule has 10 heteroatoms. The van der Waals surface area contributed by atoms with Crippen molar-refractivity contribution in [3.8, 4) is 11.3 Å². The molecular formula is C23H19N5O4S. The highest BCUT2D eigenvalue weighted by molar-refractivity contribution is 7.15. The van der Waals surface area contributed by atoms with Gasteiger partial charge < -0.3 is 10.1 Å². The van der Waals surface area contributed by atoms with Crippen molar-refractivity contribution in [2.75, 3.05) is 17.7 Å². The molecule has 0 atom stereocenters. The number of carbonyl (C=O) groups excluding carboxylic acids is 3. The fourth-order valence-electron chi connectivity index (χ4n) is 3.03. The zero-order valence-corrected chi connectivity index (χ0v) is 18.6. The van der Waals surface area contributed by atoms with Crippen LogP contribution in [0, 0.1) is 0 Å². The number of esters is 1. The monoisotopic (exact) mass is 461 g/mol. The van der Waals surface area contributed by atoms with Crippen LogP contribution in [0.3, 0.4) is 0 Å². The summed E-state index contributed by atoms with van der Waals surface area (Å²) in [7, 11) is 1.32. The second-order valence-corrected chi connectivity index (χ2v) is 7.78. The summed E-state index contributed by atoms with van der Waals surface area (Å²) in [4.78, 5) is 39.9. The molecule has 4 aromatic rings. The lowest BCUT2D eigenvalue weighted by atomic mass is 10.1. The Hall–Kier alpha value is -4.31. The van der Waals surface area contributed by atoms with Crippen molar-refractivity contribution in [1.29, 1.82) is 0 Å². The number of nitrogens with zero attached hydrogens (tertiary/aromatic N) is 3. The average molecular weight is 462 g/mol. The fourth-order valence-corrected chi connectivity index (χ4v) is 3.86. The maximum atomic E-state index is 12.3. The highest BCUT2D eigenvalue weighted by Gasteiger charge is 2.13. The van der Waals surface area contributed by atoms with Gasteiger partial charge in [-0.1, -0.05) is 24.3 Å². The number of hydrogen-bond donors (Lipinski definition) is 2. The first-order chi connectivity index (χ1) is 15.9. The number of rotatable bonds is 6. The van der Waals surface area contributed by atoms with Crippen molar-refractivity contribution in [3.05, 3.63) is 71.1 Å². The van der Waals surface area contributed by atoms with E-state index in [1.165, 1.54) is 31.4 Å². The van der Waals surface area contributed by atoms with Crippen LogP contribution in [0.25, 0.3) is 22.3 Å². The average Bonchev–Trinajstić information content (AvgIpc) is 3.38. The lowest BCUT2D eigenvalue weighted by molar-refractivity contribution is -0.114. The number of fused-ring (bicyclic) bond motifs is 1. The molecule has 0 bridgehead atoms. The third kappa shape index (κ3) is 5.13. The second kappa shape index (κ2) is 9.45. The third-order valence-electron chi connectivity index (χ3n) is 4.58. The Kier molecular flexibility index (Phi) is 6.27. The van der Waals surface area contributed by atoms with Crippen molar-refractivity contribution >= 4 is 51.8 Å². The first-order valence-electron chi connectivity index (χ1n) is 9.82. The maximum Gasteiger partial charge on any atom is 0.337 e. The Balaban J connectivity index is 1.44. The van der Waals surface area contributed by atoms with Gasteiger partial charge in [0, 0.05) is 29.6 Å². The first-order valence-corrected chi connectivity index (χ1v) is 10.7. The Morgan fingerprint density at radius 1 is 1.03 bits per heavy atom. The molecule has 33 heavy (non-hydrogen) atoms. The molecule has 0 aliphatic carbocycles. The van der Waals surface area contributed by atoms with E-state index in [0.29, 0.717) is 16.2 Å². The van der Waals surface area contributed by atoms with Gasteiger partial charge in [-0.05, 0) is 35.9 Å². The number of thiazole rings is 1. The molecule has 0 fully saturated rings. The smallest absolute Gasteiger partial charge is 0.337 e.